The summed E-state index contributed by atoms with van der Waals surface area (Å²) in [7, 11) is 0. The van der Waals surface area contributed by atoms with E-state index >= 15 is 0 Å². The lowest BCUT2D eigenvalue weighted by molar-refractivity contribution is -0.139. The Morgan fingerprint density at radius 2 is 2.06 bits per heavy atom. The van der Waals surface area contributed by atoms with Crippen molar-refractivity contribution in [2.45, 2.75) is 25.9 Å². The van der Waals surface area contributed by atoms with Crippen LogP contribution in [0.25, 0.3) is 0 Å². The van der Waals surface area contributed by atoms with Gasteiger partial charge in [0.15, 0.2) is 6.61 Å². The SMILES string of the molecule is Cc1cc(NC(=O)COc2cccc(/C=N\NC(=O)C(=O)NC[C@H]3CCCO3)c2)ccc1Br. The van der Waals surface area contributed by atoms with Gasteiger partial charge in [-0.25, -0.2) is 5.43 Å². The Bertz CT molecular complexity index is 1040. The van der Waals surface area contributed by atoms with Crippen LogP contribution in [0.3, 0.4) is 0 Å². The first-order valence-electron chi connectivity index (χ1n) is 10.4. The molecule has 2 aromatic carbocycles. The van der Waals surface area contributed by atoms with Gasteiger partial charge in [0.2, 0.25) is 0 Å². The minimum atomic E-state index is -0.864. The van der Waals surface area contributed by atoms with Crippen molar-refractivity contribution in [3.8, 4) is 5.75 Å². The smallest absolute Gasteiger partial charge is 0.329 e. The number of ether oxygens (including phenoxy) is 2. The van der Waals surface area contributed by atoms with Gasteiger partial charge in [-0.1, -0.05) is 28.1 Å². The lowest BCUT2D eigenvalue weighted by atomic mass is 10.2. The molecule has 9 nitrogen and oxygen atoms in total. The zero-order chi connectivity index (χ0) is 23.6. The normalized spacial score (nSPS) is 15.3. The molecule has 10 heteroatoms. The van der Waals surface area contributed by atoms with E-state index in [4.69, 9.17) is 9.47 Å². The van der Waals surface area contributed by atoms with Gasteiger partial charge >= 0.3 is 11.8 Å². The Hall–Kier alpha value is -3.24. The average Bonchev–Trinajstić information content (AvgIpc) is 3.32. The van der Waals surface area contributed by atoms with E-state index in [1.165, 1.54) is 6.21 Å². The highest BCUT2D eigenvalue weighted by molar-refractivity contribution is 9.10. The van der Waals surface area contributed by atoms with Gasteiger partial charge in [-0.05, 0) is 61.2 Å². The third-order valence-corrected chi connectivity index (χ3v) is 5.66. The van der Waals surface area contributed by atoms with E-state index in [0.29, 0.717) is 30.2 Å². The first-order chi connectivity index (χ1) is 15.9. The van der Waals surface area contributed by atoms with E-state index in [2.05, 4.69) is 37.1 Å². The van der Waals surface area contributed by atoms with Crippen LogP contribution in [-0.2, 0) is 19.1 Å². The van der Waals surface area contributed by atoms with Gasteiger partial charge in [0, 0.05) is 23.3 Å². The molecule has 0 spiro atoms. The molecule has 0 saturated carbocycles. The molecular weight excluding hydrogens is 492 g/mol. The van der Waals surface area contributed by atoms with Gasteiger partial charge < -0.3 is 20.1 Å². The van der Waals surface area contributed by atoms with Crippen molar-refractivity contribution in [3.63, 3.8) is 0 Å². The predicted octanol–water partition coefficient (Wildman–Crippen LogP) is 2.52. The molecule has 1 aliphatic heterocycles. The third kappa shape index (κ3) is 7.99. The van der Waals surface area contributed by atoms with E-state index in [1.807, 2.05) is 19.1 Å². The number of hydrazone groups is 1. The van der Waals surface area contributed by atoms with Crippen molar-refractivity contribution in [3.05, 3.63) is 58.1 Å². The van der Waals surface area contributed by atoms with Crippen LogP contribution in [0.4, 0.5) is 5.69 Å². The largest absolute Gasteiger partial charge is 0.484 e. The number of aryl methyl sites for hydroxylation is 1. The Morgan fingerprint density at radius 3 is 2.82 bits per heavy atom. The molecule has 1 aliphatic rings. The maximum absolute atomic E-state index is 12.1. The molecule has 174 valence electrons. The lowest BCUT2D eigenvalue weighted by Gasteiger charge is -2.09. The van der Waals surface area contributed by atoms with E-state index in [-0.39, 0.29) is 18.6 Å². The number of anilines is 1. The highest BCUT2D eigenvalue weighted by Gasteiger charge is 2.18. The predicted molar refractivity (Wildman–Crippen MR) is 127 cm³/mol. The van der Waals surface area contributed by atoms with Crippen molar-refractivity contribution >= 4 is 45.6 Å². The summed E-state index contributed by atoms with van der Waals surface area (Å²) in [6.45, 7) is 2.74. The molecule has 3 amide bonds. The molecule has 0 radical (unpaired) electrons. The average molecular weight is 517 g/mol. The van der Waals surface area contributed by atoms with Gasteiger partial charge in [0.1, 0.15) is 5.75 Å². The number of hydrogen-bond acceptors (Lipinski definition) is 6. The Balaban J connectivity index is 1.43. The van der Waals surface area contributed by atoms with E-state index in [1.54, 1.807) is 30.3 Å². The van der Waals surface area contributed by atoms with Crippen molar-refractivity contribution in [2.24, 2.45) is 5.10 Å². The molecule has 1 atom stereocenters. The molecule has 0 unspecified atom stereocenters. The highest BCUT2D eigenvalue weighted by atomic mass is 79.9. The number of carbonyl (C=O) groups is 3. The molecule has 0 aliphatic carbocycles. The van der Waals surface area contributed by atoms with Gasteiger partial charge in [0.25, 0.3) is 5.91 Å². The van der Waals surface area contributed by atoms with Gasteiger partial charge in [-0.15, -0.1) is 0 Å². The summed E-state index contributed by atoms with van der Waals surface area (Å²) in [6.07, 6.45) is 3.15. The number of rotatable bonds is 8. The van der Waals surface area contributed by atoms with E-state index in [9.17, 15) is 14.4 Å². The fraction of sp³-hybridized carbons (Fsp3) is 0.304. The van der Waals surface area contributed by atoms with Gasteiger partial charge in [0.05, 0.1) is 12.3 Å². The van der Waals surface area contributed by atoms with Gasteiger partial charge in [-0.3, -0.25) is 14.4 Å². The van der Waals surface area contributed by atoms with Gasteiger partial charge in [-0.2, -0.15) is 5.10 Å². The third-order valence-electron chi connectivity index (χ3n) is 4.77. The summed E-state index contributed by atoms with van der Waals surface area (Å²) >= 11 is 3.42. The Kier molecular flexibility index (Phi) is 8.96. The molecule has 3 N–H and O–H groups in total. The number of benzene rings is 2. The van der Waals surface area contributed by atoms with Crippen LogP contribution in [0, 0.1) is 6.92 Å². The van der Waals surface area contributed by atoms with Crippen LogP contribution in [0.5, 0.6) is 5.75 Å². The zero-order valence-corrected chi connectivity index (χ0v) is 19.7. The monoisotopic (exact) mass is 516 g/mol. The highest BCUT2D eigenvalue weighted by Crippen LogP contribution is 2.20. The summed E-state index contributed by atoms with van der Waals surface area (Å²) < 4.78 is 11.9. The zero-order valence-electron chi connectivity index (χ0n) is 18.1. The topological polar surface area (TPSA) is 118 Å². The van der Waals surface area contributed by atoms with Crippen LogP contribution in [0.1, 0.15) is 24.0 Å². The number of nitrogens with one attached hydrogen (secondary N) is 3. The molecule has 1 fully saturated rings. The van der Waals surface area contributed by atoms with Crippen molar-refractivity contribution in [1.29, 1.82) is 0 Å². The maximum Gasteiger partial charge on any atom is 0.329 e. The summed E-state index contributed by atoms with van der Waals surface area (Å²) in [5, 5.41) is 9.09. The summed E-state index contributed by atoms with van der Waals surface area (Å²) in [5.74, 6) is -1.47. The second-order valence-corrected chi connectivity index (χ2v) is 8.27. The molecule has 0 bridgehead atoms. The van der Waals surface area contributed by atoms with Crippen LogP contribution < -0.4 is 20.8 Å². The number of halogens is 1. The van der Waals surface area contributed by atoms with Crippen LogP contribution in [0.2, 0.25) is 0 Å². The molecular formula is C23H25BrN4O5. The van der Waals surface area contributed by atoms with Crippen LogP contribution in [0.15, 0.2) is 52.0 Å². The van der Waals surface area contributed by atoms with Crippen molar-refractivity contribution in [1.82, 2.24) is 10.7 Å². The molecule has 1 heterocycles. The standard InChI is InChI=1S/C23H25BrN4O5/c1-15-10-17(7-8-20(15)24)27-21(29)14-33-18-5-2-4-16(11-18)12-26-28-23(31)22(30)25-13-19-6-3-9-32-19/h2,4-5,7-8,10-12,19H,3,6,9,13-14H2,1H3,(H,25,30)(H,27,29)(H,28,31)/b26-12-/t19-/m1/s1. The fourth-order valence-electron chi connectivity index (χ4n) is 3.06. The van der Waals surface area contributed by atoms with Crippen LogP contribution >= 0.6 is 15.9 Å². The molecule has 3 rings (SSSR count). The summed E-state index contributed by atoms with van der Waals surface area (Å²) in [5.41, 5.74) is 4.49. The number of nitrogens with zero attached hydrogens (tertiary/aromatic N) is 1. The molecule has 2 aromatic rings. The molecule has 0 aromatic heterocycles. The minimum absolute atomic E-state index is 0.0472. The second-order valence-electron chi connectivity index (χ2n) is 7.42. The Labute approximate surface area is 200 Å². The minimum Gasteiger partial charge on any atom is -0.484 e. The van der Waals surface area contributed by atoms with Crippen LogP contribution in [-0.4, -0.2) is 49.8 Å². The molecule has 33 heavy (non-hydrogen) atoms. The number of hydrogen-bond donors (Lipinski definition) is 3. The first kappa shape index (κ1) is 24.4. The number of amides is 3. The van der Waals surface area contributed by atoms with Crippen molar-refractivity contribution < 1.29 is 23.9 Å². The summed E-state index contributed by atoms with van der Waals surface area (Å²) in [6, 6.07) is 12.3. The quantitative estimate of drug-likeness (QED) is 0.283. The first-order valence-corrected chi connectivity index (χ1v) is 11.2. The maximum atomic E-state index is 12.1. The Morgan fingerprint density at radius 1 is 1.21 bits per heavy atom. The number of carbonyl (C=O) groups excluding carboxylic acids is 3. The lowest BCUT2D eigenvalue weighted by Crippen LogP contribution is -2.41. The van der Waals surface area contributed by atoms with Crippen molar-refractivity contribution in [2.75, 3.05) is 25.1 Å². The fourth-order valence-corrected chi connectivity index (χ4v) is 3.31. The summed E-state index contributed by atoms with van der Waals surface area (Å²) in [4.78, 5) is 35.8. The second kappa shape index (κ2) is 12.1. The van der Waals surface area contributed by atoms with E-state index < -0.39 is 11.8 Å². The van der Waals surface area contributed by atoms with E-state index in [0.717, 1.165) is 22.9 Å². The molecule has 1 saturated heterocycles.